The first-order chi connectivity index (χ1) is 26.8. The smallest absolute Gasteiger partial charge is 0.116 e. The third kappa shape index (κ3) is 9.26. The SMILES string of the molecule is CCCCCCNC[C@@H]1C[C@]2(C[C@@H]3[C@@H]4Cc5cc(O)cc(c5)Cc5ccccc5CN[C@@H](C)CSSC[C@H](C4)C[C@H]3[C@]3(C=CC[C@H](C)C3)C2)CC12CCCC2. The van der Waals surface area contributed by atoms with Gasteiger partial charge in [0.2, 0.25) is 0 Å². The molecule has 1 heterocycles. The molecule has 2 aromatic rings. The highest BCUT2D eigenvalue weighted by Crippen LogP contribution is 2.72. The molecule has 5 heteroatoms. The summed E-state index contributed by atoms with van der Waals surface area (Å²) in [7, 11) is 4.27. The molecule has 3 N–H and O–H groups in total. The summed E-state index contributed by atoms with van der Waals surface area (Å²) in [5.41, 5.74) is 6.80. The molecule has 1 aliphatic heterocycles. The fourth-order valence-electron chi connectivity index (χ4n) is 14.0. The average molecular weight is 783 g/mol. The van der Waals surface area contributed by atoms with Crippen molar-refractivity contribution in [2.24, 2.45) is 51.8 Å². The molecule has 302 valence electrons. The molecule has 55 heavy (non-hydrogen) atoms. The number of aromatic hydroxyl groups is 1. The molecule has 4 fully saturated rings. The second kappa shape index (κ2) is 17.8. The van der Waals surface area contributed by atoms with Gasteiger partial charge in [0.15, 0.2) is 0 Å². The Morgan fingerprint density at radius 3 is 2.55 bits per heavy atom. The van der Waals surface area contributed by atoms with E-state index in [1.165, 1.54) is 144 Å². The zero-order chi connectivity index (χ0) is 37.9. The van der Waals surface area contributed by atoms with Crippen molar-refractivity contribution in [3.8, 4) is 5.75 Å². The van der Waals surface area contributed by atoms with Gasteiger partial charge in [-0.2, -0.15) is 0 Å². The number of rotatable bonds is 7. The van der Waals surface area contributed by atoms with Gasteiger partial charge in [-0.1, -0.05) is 110 Å². The predicted octanol–water partition coefficient (Wildman–Crippen LogP) is 12.6. The molecule has 2 aromatic carbocycles. The van der Waals surface area contributed by atoms with Gasteiger partial charge in [0.25, 0.3) is 0 Å². The highest BCUT2D eigenvalue weighted by atomic mass is 33.1. The van der Waals surface area contributed by atoms with Gasteiger partial charge in [0, 0.05) is 24.1 Å². The number of allylic oxidation sites excluding steroid dienone is 2. The molecule has 3 spiro atoms. The normalized spacial score (nSPS) is 36.2. The second-order valence-corrected chi connectivity index (χ2v) is 22.9. The maximum Gasteiger partial charge on any atom is 0.116 e. The highest BCUT2D eigenvalue weighted by molar-refractivity contribution is 8.76. The number of hydrogen-bond donors (Lipinski definition) is 3. The van der Waals surface area contributed by atoms with Crippen LogP contribution >= 0.6 is 21.6 Å². The molecule has 6 aliphatic rings. The van der Waals surface area contributed by atoms with E-state index in [9.17, 15) is 5.11 Å². The summed E-state index contributed by atoms with van der Waals surface area (Å²) in [4.78, 5) is 0. The predicted molar refractivity (Wildman–Crippen MR) is 238 cm³/mol. The lowest BCUT2D eigenvalue weighted by molar-refractivity contribution is -0.0844. The van der Waals surface area contributed by atoms with Gasteiger partial charge in [0.05, 0.1) is 0 Å². The maximum absolute atomic E-state index is 11.3. The number of unbranched alkanes of at least 4 members (excludes halogenated alkanes) is 3. The first-order valence-electron chi connectivity index (χ1n) is 23.0. The van der Waals surface area contributed by atoms with Crippen LogP contribution in [0.4, 0.5) is 0 Å². The van der Waals surface area contributed by atoms with Crippen LogP contribution in [0.25, 0.3) is 0 Å². The molecule has 4 bridgehead atoms. The number of phenolic OH excluding ortho intramolecular Hbond substituents is 1. The lowest BCUT2D eigenvalue weighted by atomic mass is 9.44. The Morgan fingerprint density at radius 1 is 0.891 bits per heavy atom. The third-order valence-corrected chi connectivity index (χ3v) is 18.8. The summed E-state index contributed by atoms with van der Waals surface area (Å²) < 4.78 is 0. The zero-order valence-electron chi connectivity index (χ0n) is 34.8. The maximum atomic E-state index is 11.3. The van der Waals surface area contributed by atoms with Crippen molar-refractivity contribution < 1.29 is 5.11 Å². The summed E-state index contributed by atoms with van der Waals surface area (Å²) in [5, 5.41) is 19.2. The quantitative estimate of drug-likeness (QED) is 0.148. The highest BCUT2D eigenvalue weighted by Gasteiger charge is 2.63. The van der Waals surface area contributed by atoms with Crippen molar-refractivity contribution in [1.82, 2.24) is 10.6 Å². The van der Waals surface area contributed by atoms with Gasteiger partial charge in [-0.15, -0.1) is 0 Å². The van der Waals surface area contributed by atoms with E-state index in [0.717, 1.165) is 54.7 Å². The van der Waals surface area contributed by atoms with E-state index in [0.29, 0.717) is 34.0 Å². The number of nitrogens with one attached hydrogen (secondary N) is 2. The van der Waals surface area contributed by atoms with Gasteiger partial charge in [-0.25, -0.2) is 0 Å². The molecule has 0 aromatic heterocycles. The fraction of sp³-hybridized carbons (Fsp3) is 0.720. The van der Waals surface area contributed by atoms with Crippen molar-refractivity contribution in [3.05, 3.63) is 76.9 Å². The first kappa shape index (κ1) is 40.4. The Hall–Kier alpha value is -1.40. The van der Waals surface area contributed by atoms with Gasteiger partial charge in [-0.3, -0.25) is 0 Å². The van der Waals surface area contributed by atoms with Crippen LogP contribution in [-0.4, -0.2) is 35.7 Å². The number of hydrogen-bond acceptors (Lipinski definition) is 5. The van der Waals surface area contributed by atoms with Crippen LogP contribution in [0.3, 0.4) is 0 Å². The number of phenols is 1. The van der Waals surface area contributed by atoms with E-state index >= 15 is 0 Å². The lowest BCUT2D eigenvalue weighted by Gasteiger charge is -2.61. The Kier molecular flexibility index (Phi) is 13.1. The minimum absolute atomic E-state index is 0.350. The summed E-state index contributed by atoms with van der Waals surface area (Å²) in [6.45, 7) is 10.6. The van der Waals surface area contributed by atoms with Crippen molar-refractivity contribution in [3.63, 3.8) is 0 Å². The molecule has 0 unspecified atom stereocenters. The molecule has 0 saturated heterocycles. The minimum atomic E-state index is 0.350. The third-order valence-electron chi connectivity index (χ3n) is 16.0. The van der Waals surface area contributed by atoms with Gasteiger partial charge < -0.3 is 15.7 Å². The topological polar surface area (TPSA) is 44.3 Å². The van der Waals surface area contributed by atoms with Crippen LogP contribution in [0.1, 0.15) is 146 Å². The van der Waals surface area contributed by atoms with Crippen molar-refractivity contribution >= 4 is 21.6 Å². The van der Waals surface area contributed by atoms with Crippen molar-refractivity contribution in [2.75, 3.05) is 24.6 Å². The summed E-state index contributed by atoms with van der Waals surface area (Å²) in [6, 6.07) is 16.1. The Morgan fingerprint density at radius 2 is 1.71 bits per heavy atom. The zero-order valence-corrected chi connectivity index (χ0v) is 36.4. The van der Waals surface area contributed by atoms with E-state index in [4.69, 9.17) is 0 Å². The molecule has 0 radical (unpaired) electrons. The van der Waals surface area contributed by atoms with Crippen LogP contribution < -0.4 is 10.6 Å². The van der Waals surface area contributed by atoms with E-state index < -0.39 is 0 Å². The first-order valence-corrected chi connectivity index (χ1v) is 25.5. The molecule has 0 amide bonds. The summed E-state index contributed by atoms with van der Waals surface area (Å²) in [5.74, 6) is 7.52. The van der Waals surface area contributed by atoms with E-state index in [1.807, 2.05) is 6.07 Å². The molecular weight excluding hydrogens is 709 g/mol. The van der Waals surface area contributed by atoms with Crippen LogP contribution in [0.2, 0.25) is 0 Å². The standard InChI is InChI=1S/C50H74N2OS2/c1-4-5-6-11-19-51-31-44-28-48(34-49(44)16-9-10-17-49)29-46-43-22-39-20-38(24-45(53)25-39)21-41-14-7-8-15-42(41)30-52-37(3)32-54-55-33-40(23-43)26-47(46)50(35-48)18-12-13-36(2)27-50/h7-8,12,14-15,18,20,24-25,36-37,40,43-44,46-47,51-53H,4-6,9-11,13,16-17,19,21-23,26-35H2,1-3H3/t36-,37-,40+,43+,44-,46+,47+,48-,50-/m0/s1. The minimum Gasteiger partial charge on any atom is -0.508 e. The molecule has 8 rings (SSSR count). The molecule has 4 saturated carbocycles. The summed E-state index contributed by atoms with van der Waals surface area (Å²) in [6.07, 6.45) is 30.1. The average Bonchev–Trinajstić information content (AvgIpc) is 3.74. The van der Waals surface area contributed by atoms with Gasteiger partial charge >= 0.3 is 0 Å². The number of benzene rings is 2. The van der Waals surface area contributed by atoms with E-state index in [-0.39, 0.29) is 0 Å². The Bertz CT molecular complexity index is 1600. The van der Waals surface area contributed by atoms with Crippen molar-refractivity contribution in [1.29, 1.82) is 0 Å². The lowest BCUT2D eigenvalue weighted by Crippen LogP contribution is -2.52. The molecule has 9 atom stereocenters. The van der Waals surface area contributed by atoms with Crippen LogP contribution in [-0.2, 0) is 19.4 Å². The molecular formula is C50H74N2OS2. The van der Waals surface area contributed by atoms with Gasteiger partial charge in [-0.05, 0) is 190 Å². The molecule has 3 nitrogen and oxygen atoms in total. The van der Waals surface area contributed by atoms with Gasteiger partial charge in [0.1, 0.15) is 5.75 Å². The van der Waals surface area contributed by atoms with Crippen LogP contribution in [0.5, 0.6) is 5.75 Å². The Labute approximate surface area is 343 Å². The number of fused-ring (bicyclic) bond motifs is 8. The monoisotopic (exact) mass is 783 g/mol. The van der Waals surface area contributed by atoms with Crippen LogP contribution in [0, 0.1) is 51.8 Å². The van der Waals surface area contributed by atoms with Crippen LogP contribution in [0.15, 0.2) is 54.6 Å². The van der Waals surface area contributed by atoms with E-state index in [1.54, 1.807) is 0 Å². The summed E-state index contributed by atoms with van der Waals surface area (Å²) >= 11 is 0. The second-order valence-electron chi connectivity index (χ2n) is 20.3. The Balaban J connectivity index is 1.12. The fourth-order valence-corrected chi connectivity index (χ4v) is 16.7. The van der Waals surface area contributed by atoms with E-state index in [2.05, 4.69) is 102 Å². The largest absolute Gasteiger partial charge is 0.508 e. The molecule has 5 aliphatic carbocycles. The van der Waals surface area contributed by atoms with Crippen molar-refractivity contribution in [2.45, 2.75) is 149 Å².